The van der Waals surface area contributed by atoms with Gasteiger partial charge in [-0.05, 0) is 30.3 Å². The lowest BCUT2D eigenvalue weighted by Crippen LogP contribution is -1.99. The van der Waals surface area contributed by atoms with Crippen molar-refractivity contribution in [1.29, 1.82) is 0 Å². The summed E-state index contributed by atoms with van der Waals surface area (Å²) in [5, 5.41) is 13.1. The van der Waals surface area contributed by atoms with Gasteiger partial charge in [0.25, 0.3) is 0 Å². The van der Waals surface area contributed by atoms with E-state index in [-0.39, 0.29) is 6.42 Å². The highest BCUT2D eigenvalue weighted by molar-refractivity contribution is 7.16. The summed E-state index contributed by atoms with van der Waals surface area (Å²) < 4.78 is 10.6. The summed E-state index contributed by atoms with van der Waals surface area (Å²) in [6, 6.07) is 15.0. The molecule has 0 atom stereocenters. The fourth-order valence-corrected chi connectivity index (χ4v) is 3.51. The Bertz CT molecular complexity index is 909. The average Bonchev–Trinajstić information content (AvgIpc) is 3.03. The zero-order chi connectivity index (χ0) is 18.5. The van der Waals surface area contributed by atoms with Gasteiger partial charge >= 0.3 is 5.97 Å². The molecule has 134 valence electrons. The molecule has 2 aromatic carbocycles. The molecule has 0 aliphatic rings. The monoisotopic (exact) mass is 370 g/mol. The molecule has 0 unspecified atom stereocenters. The van der Waals surface area contributed by atoms with E-state index in [0.29, 0.717) is 27.2 Å². The van der Waals surface area contributed by atoms with Crippen LogP contribution in [0.4, 0.5) is 10.8 Å². The molecule has 0 spiro atoms. The van der Waals surface area contributed by atoms with E-state index in [2.05, 4.69) is 10.3 Å². The third kappa shape index (κ3) is 3.94. The number of methoxy groups -OCH3 is 2. The first-order valence-electron chi connectivity index (χ1n) is 7.86. The molecule has 0 aliphatic heterocycles. The second kappa shape index (κ2) is 7.88. The Hall–Kier alpha value is -3.06. The van der Waals surface area contributed by atoms with E-state index in [1.165, 1.54) is 11.3 Å². The third-order valence-corrected chi connectivity index (χ3v) is 4.66. The number of carboxylic acid groups (broad SMARTS) is 1. The zero-order valence-corrected chi connectivity index (χ0v) is 15.2. The summed E-state index contributed by atoms with van der Waals surface area (Å²) in [5.74, 6) is 0.271. The minimum atomic E-state index is -0.901. The molecular weight excluding hydrogens is 352 g/mol. The van der Waals surface area contributed by atoms with E-state index in [4.69, 9.17) is 9.47 Å². The minimum Gasteiger partial charge on any atom is -0.493 e. The van der Waals surface area contributed by atoms with E-state index >= 15 is 0 Å². The Balaban J connectivity index is 2.00. The number of nitrogens with one attached hydrogen (secondary N) is 1. The summed E-state index contributed by atoms with van der Waals surface area (Å²) in [5.41, 5.74) is 2.29. The molecule has 0 saturated carbocycles. The number of nitrogens with zero attached hydrogens (tertiary/aromatic N) is 1. The summed E-state index contributed by atoms with van der Waals surface area (Å²) in [6.45, 7) is 0. The molecule has 3 aromatic rings. The molecular formula is C19H18N2O4S. The summed E-state index contributed by atoms with van der Waals surface area (Å²) in [4.78, 5) is 16.5. The van der Waals surface area contributed by atoms with Crippen molar-refractivity contribution >= 4 is 28.1 Å². The topological polar surface area (TPSA) is 80.7 Å². The van der Waals surface area contributed by atoms with Gasteiger partial charge < -0.3 is 19.9 Å². The van der Waals surface area contributed by atoms with Gasteiger partial charge in [-0.15, -0.1) is 11.3 Å². The first kappa shape index (κ1) is 17.8. The van der Waals surface area contributed by atoms with Crippen molar-refractivity contribution in [2.45, 2.75) is 6.42 Å². The number of para-hydroxylation sites is 1. The van der Waals surface area contributed by atoms with Gasteiger partial charge in [0.2, 0.25) is 0 Å². The van der Waals surface area contributed by atoms with Gasteiger partial charge in [0, 0.05) is 16.1 Å². The highest BCUT2D eigenvalue weighted by atomic mass is 32.1. The Morgan fingerprint density at radius 3 is 2.50 bits per heavy atom. The smallest absolute Gasteiger partial charge is 0.308 e. The molecule has 6 nitrogen and oxygen atoms in total. The first-order valence-corrected chi connectivity index (χ1v) is 8.68. The molecule has 0 bridgehead atoms. The SMILES string of the molecule is COc1ccc(-c2nc(Nc3ccccc3)sc2CC(=O)O)cc1OC. The number of carboxylic acids is 1. The molecule has 1 aromatic heterocycles. The Labute approximate surface area is 155 Å². The lowest BCUT2D eigenvalue weighted by molar-refractivity contribution is -0.136. The van der Waals surface area contributed by atoms with Crippen LogP contribution >= 0.6 is 11.3 Å². The largest absolute Gasteiger partial charge is 0.493 e. The minimum absolute atomic E-state index is 0.0994. The van der Waals surface area contributed by atoms with Gasteiger partial charge in [-0.3, -0.25) is 4.79 Å². The van der Waals surface area contributed by atoms with Crippen LogP contribution in [0.1, 0.15) is 4.88 Å². The van der Waals surface area contributed by atoms with Crippen LogP contribution in [0.3, 0.4) is 0 Å². The maximum absolute atomic E-state index is 11.3. The second-order valence-electron chi connectivity index (χ2n) is 5.42. The number of hydrogen-bond donors (Lipinski definition) is 2. The van der Waals surface area contributed by atoms with Gasteiger partial charge in [0.05, 0.1) is 26.3 Å². The molecule has 0 radical (unpaired) electrons. The first-order chi connectivity index (χ1) is 12.6. The van der Waals surface area contributed by atoms with Crippen molar-refractivity contribution in [2.75, 3.05) is 19.5 Å². The quantitative estimate of drug-likeness (QED) is 0.649. The van der Waals surface area contributed by atoms with Crippen LogP contribution < -0.4 is 14.8 Å². The Morgan fingerprint density at radius 1 is 1.12 bits per heavy atom. The number of benzene rings is 2. The van der Waals surface area contributed by atoms with E-state index in [0.717, 1.165) is 11.3 Å². The number of carbonyl (C=O) groups is 1. The third-order valence-electron chi connectivity index (χ3n) is 3.69. The highest BCUT2D eigenvalue weighted by Gasteiger charge is 2.17. The summed E-state index contributed by atoms with van der Waals surface area (Å²) in [6.07, 6.45) is -0.0994. The molecule has 0 saturated heterocycles. The summed E-state index contributed by atoms with van der Waals surface area (Å²) >= 11 is 1.33. The Kier molecular flexibility index (Phi) is 5.38. The zero-order valence-electron chi connectivity index (χ0n) is 14.4. The van der Waals surface area contributed by atoms with Crippen molar-refractivity contribution in [3.8, 4) is 22.8 Å². The molecule has 26 heavy (non-hydrogen) atoms. The molecule has 2 N–H and O–H groups in total. The van der Waals surface area contributed by atoms with Crippen LogP contribution in [0.25, 0.3) is 11.3 Å². The normalized spacial score (nSPS) is 10.4. The fraction of sp³-hybridized carbons (Fsp3) is 0.158. The molecule has 3 rings (SSSR count). The van der Waals surface area contributed by atoms with Gasteiger partial charge in [0.1, 0.15) is 0 Å². The highest BCUT2D eigenvalue weighted by Crippen LogP contribution is 2.37. The van der Waals surface area contributed by atoms with E-state index in [9.17, 15) is 9.90 Å². The van der Waals surface area contributed by atoms with Crippen LogP contribution in [0.15, 0.2) is 48.5 Å². The maximum atomic E-state index is 11.3. The van der Waals surface area contributed by atoms with Gasteiger partial charge in [0.15, 0.2) is 16.6 Å². The fourth-order valence-electron chi connectivity index (χ4n) is 2.52. The molecule has 7 heteroatoms. The number of aromatic nitrogens is 1. The van der Waals surface area contributed by atoms with Gasteiger partial charge in [-0.2, -0.15) is 0 Å². The number of hydrogen-bond acceptors (Lipinski definition) is 6. The number of rotatable bonds is 7. The van der Waals surface area contributed by atoms with E-state index < -0.39 is 5.97 Å². The molecule has 0 fully saturated rings. The van der Waals surface area contributed by atoms with Crippen LogP contribution in [0, 0.1) is 0 Å². The van der Waals surface area contributed by atoms with Crippen molar-refractivity contribution in [2.24, 2.45) is 0 Å². The van der Waals surface area contributed by atoms with Crippen LogP contribution in [0.5, 0.6) is 11.5 Å². The number of anilines is 2. The number of aliphatic carboxylic acids is 1. The number of thiazole rings is 1. The van der Waals surface area contributed by atoms with E-state index in [1.54, 1.807) is 26.4 Å². The van der Waals surface area contributed by atoms with Gasteiger partial charge in [-0.1, -0.05) is 18.2 Å². The van der Waals surface area contributed by atoms with Crippen molar-refractivity contribution in [3.05, 3.63) is 53.4 Å². The lowest BCUT2D eigenvalue weighted by atomic mass is 10.1. The maximum Gasteiger partial charge on any atom is 0.308 e. The number of ether oxygens (including phenoxy) is 2. The van der Waals surface area contributed by atoms with Crippen molar-refractivity contribution in [1.82, 2.24) is 4.98 Å². The lowest BCUT2D eigenvalue weighted by Gasteiger charge is -2.09. The second-order valence-corrected chi connectivity index (χ2v) is 6.51. The van der Waals surface area contributed by atoms with Crippen LogP contribution in [0.2, 0.25) is 0 Å². The van der Waals surface area contributed by atoms with Crippen molar-refractivity contribution in [3.63, 3.8) is 0 Å². The molecule has 1 heterocycles. The predicted molar refractivity (Wildman–Crippen MR) is 102 cm³/mol. The van der Waals surface area contributed by atoms with Crippen LogP contribution in [-0.2, 0) is 11.2 Å². The van der Waals surface area contributed by atoms with Gasteiger partial charge in [-0.25, -0.2) is 4.98 Å². The van der Waals surface area contributed by atoms with Crippen molar-refractivity contribution < 1.29 is 19.4 Å². The Morgan fingerprint density at radius 2 is 1.85 bits per heavy atom. The molecule has 0 aliphatic carbocycles. The van der Waals surface area contributed by atoms with Crippen LogP contribution in [-0.4, -0.2) is 30.3 Å². The molecule has 0 amide bonds. The standard InChI is InChI=1S/C19H18N2O4S/c1-24-14-9-8-12(10-15(14)25-2)18-16(11-17(22)23)26-19(21-18)20-13-6-4-3-5-7-13/h3-10H,11H2,1-2H3,(H,20,21)(H,22,23). The summed E-state index contributed by atoms with van der Waals surface area (Å²) in [7, 11) is 3.13. The van der Waals surface area contributed by atoms with E-state index in [1.807, 2.05) is 36.4 Å². The predicted octanol–water partition coefficient (Wildman–Crippen LogP) is 4.20. The average molecular weight is 370 g/mol.